The Labute approximate surface area is 218 Å². The molecular formula is C32H33N3O2. The molecular weight excluding hydrogens is 458 g/mol. The molecule has 4 bridgehead atoms. The molecule has 1 aromatic heterocycles. The van der Waals surface area contributed by atoms with E-state index >= 15 is 0 Å². The summed E-state index contributed by atoms with van der Waals surface area (Å²) in [5.74, 6) is 2.42. The zero-order valence-electron chi connectivity index (χ0n) is 21.5. The molecule has 3 aromatic rings. The summed E-state index contributed by atoms with van der Waals surface area (Å²) in [5.41, 5.74) is 6.45. The Hall–Kier alpha value is -3.78. The quantitative estimate of drug-likeness (QED) is 0.234. The summed E-state index contributed by atoms with van der Waals surface area (Å²) in [6.07, 6.45) is 10.1. The second-order valence-electron chi connectivity index (χ2n) is 11.6. The SMILES string of the molecule is Cc1cc(/C=C(/C#N)C(=O)Nc2ccc(O)cc2)c(C)n1-c1ccc(C23CC4CC(CC(C4)C2)C3)cc1. The number of nitrogens with zero attached hydrogens (tertiary/aromatic N) is 2. The fraction of sp³-hybridized carbons (Fsp3) is 0.375. The van der Waals surface area contributed by atoms with Crippen molar-refractivity contribution in [1.82, 2.24) is 4.57 Å². The molecule has 7 rings (SSSR count). The number of hydrogen-bond donors (Lipinski definition) is 2. The summed E-state index contributed by atoms with van der Waals surface area (Å²) >= 11 is 0. The van der Waals surface area contributed by atoms with Crippen molar-refractivity contribution in [2.75, 3.05) is 5.32 Å². The summed E-state index contributed by atoms with van der Waals surface area (Å²) in [6, 6.07) is 19.4. The van der Waals surface area contributed by atoms with E-state index in [2.05, 4.69) is 41.1 Å². The maximum absolute atomic E-state index is 12.7. The van der Waals surface area contributed by atoms with Crippen LogP contribution in [0.2, 0.25) is 0 Å². The van der Waals surface area contributed by atoms with E-state index in [-0.39, 0.29) is 11.3 Å². The van der Waals surface area contributed by atoms with Crippen LogP contribution in [0.4, 0.5) is 5.69 Å². The maximum Gasteiger partial charge on any atom is 0.266 e. The maximum atomic E-state index is 12.7. The number of aromatic nitrogens is 1. The van der Waals surface area contributed by atoms with E-state index in [9.17, 15) is 15.2 Å². The van der Waals surface area contributed by atoms with Crippen molar-refractivity contribution in [3.63, 3.8) is 0 Å². The van der Waals surface area contributed by atoms with Gasteiger partial charge in [-0.25, -0.2) is 0 Å². The van der Waals surface area contributed by atoms with Gasteiger partial charge in [-0.3, -0.25) is 4.79 Å². The van der Waals surface area contributed by atoms with Crippen LogP contribution < -0.4 is 5.32 Å². The van der Waals surface area contributed by atoms with Crippen molar-refractivity contribution in [1.29, 1.82) is 5.26 Å². The van der Waals surface area contributed by atoms with Crippen LogP contribution in [0.25, 0.3) is 11.8 Å². The van der Waals surface area contributed by atoms with Crippen LogP contribution in [0, 0.1) is 42.9 Å². The fourth-order valence-corrected chi connectivity index (χ4v) is 7.81. The van der Waals surface area contributed by atoms with E-state index in [1.165, 1.54) is 56.2 Å². The standard InChI is InChI=1S/C32H33N3O2/c1-20-11-25(15-26(19-33)31(37)34-28-5-9-30(36)10-6-28)21(2)35(20)29-7-3-27(4-8-29)32-16-22-12-23(17-32)14-24(13-22)18-32/h3-11,15,22-24,36H,12-14,16-18H2,1-2H3,(H,34,37)/b26-15-. The topological polar surface area (TPSA) is 78.1 Å². The van der Waals surface area contributed by atoms with Gasteiger partial charge in [0.15, 0.2) is 0 Å². The molecule has 1 heterocycles. The van der Waals surface area contributed by atoms with Gasteiger partial charge in [-0.1, -0.05) is 12.1 Å². The largest absolute Gasteiger partial charge is 0.508 e. The fourth-order valence-electron chi connectivity index (χ4n) is 7.81. The Bertz CT molecular complexity index is 1390. The van der Waals surface area contributed by atoms with Crippen LogP contribution in [-0.4, -0.2) is 15.6 Å². The Morgan fingerprint density at radius 1 is 1.00 bits per heavy atom. The third kappa shape index (κ3) is 4.25. The minimum Gasteiger partial charge on any atom is -0.508 e. The molecule has 2 N–H and O–H groups in total. The normalized spacial score (nSPS) is 26.2. The molecule has 4 fully saturated rings. The minimum atomic E-state index is -0.474. The highest BCUT2D eigenvalue weighted by molar-refractivity contribution is 6.09. The number of benzene rings is 2. The van der Waals surface area contributed by atoms with Crippen LogP contribution in [0.15, 0.2) is 60.2 Å². The van der Waals surface area contributed by atoms with E-state index < -0.39 is 5.91 Å². The van der Waals surface area contributed by atoms with Gasteiger partial charge >= 0.3 is 0 Å². The van der Waals surface area contributed by atoms with Gasteiger partial charge in [0.1, 0.15) is 17.4 Å². The van der Waals surface area contributed by atoms with Crippen LogP contribution >= 0.6 is 0 Å². The molecule has 0 radical (unpaired) electrons. The lowest BCUT2D eigenvalue weighted by Crippen LogP contribution is -2.48. The van der Waals surface area contributed by atoms with Gasteiger partial charge in [0.2, 0.25) is 0 Å². The number of nitriles is 1. The van der Waals surface area contributed by atoms with E-state index in [4.69, 9.17) is 0 Å². The summed E-state index contributed by atoms with van der Waals surface area (Å²) < 4.78 is 2.20. The Morgan fingerprint density at radius 2 is 1.59 bits per heavy atom. The highest BCUT2D eigenvalue weighted by atomic mass is 16.3. The molecule has 188 valence electrons. The average molecular weight is 492 g/mol. The molecule has 4 saturated carbocycles. The molecule has 0 aliphatic heterocycles. The summed E-state index contributed by atoms with van der Waals surface area (Å²) in [6.45, 7) is 4.08. The first-order valence-corrected chi connectivity index (χ1v) is 13.4. The lowest BCUT2D eigenvalue weighted by Gasteiger charge is -2.57. The van der Waals surface area contributed by atoms with Crippen molar-refractivity contribution in [2.24, 2.45) is 17.8 Å². The first-order chi connectivity index (χ1) is 17.8. The molecule has 5 nitrogen and oxygen atoms in total. The molecule has 0 saturated heterocycles. The zero-order chi connectivity index (χ0) is 25.7. The zero-order valence-corrected chi connectivity index (χ0v) is 21.5. The molecule has 37 heavy (non-hydrogen) atoms. The number of rotatable bonds is 5. The number of carbonyl (C=O) groups is 1. The molecule has 2 aromatic carbocycles. The van der Waals surface area contributed by atoms with Gasteiger partial charge in [0.25, 0.3) is 5.91 Å². The van der Waals surface area contributed by atoms with Gasteiger partial charge in [-0.05, 0) is 135 Å². The van der Waals surface area contributed by atoms with E-state index in [0.717, 1.165) is 40.4 Å². The van der Waals surface area contributed by atoms with Gasteiger partial charge < -0.3 is 15.0 Å². The second kappa shape index (κ2) is 8.95. The number of amides is 1. The number of hydrogen-bond acceptors (Lipinski definition) is 3. The number of nitrogens with one attached hydrogen (secondary N) is 1. The van der Waals surface area contributed by atoms with Crippen molar-refractivity contribution in [2.45, 2.75) is 57.8 Å². The van der Waals surface area contributed by atoms with Crippen molar-refractivity contribution in [3.8, 4) is 17.5 Å². The summed E-state index contributed by atoms with van der Waals surface area (Å²) in [7, 11) is 0. The highest BCUT2D eigenvalue weighted by Gasteiger charge is 2.51. The number of phenolic OH excluding ortho intramolecular Hbond substituents is 1. The molecule has 0 atom stereocenters. The first kappa shape index (κ1) is 23.6. The predicted octanol–water partition coefficient (Wildman–Crippen LogP) is 6.81. The molecule has 0 spiro atoms. The number of aromatic hydroxyl groups is 1. The monoisotopic (exact) mass is 491 g/mol. The van der Waals surface area contributed by atoms with Crippen molar-refractivity contribution in [3.05, 3.63) is 82.7 Å². The van der Waals surface area contributed by atoms with Gasteiger partial charge in [-0.2, -0.15) is 5.26 Å². The lowest BCUT2D eigenvalue weighted by molar-refractivity contribution is -0.112. The van der Waals surface area contributed by atoms with Gasteiger partial charge in [0.05, 0.1) is 0 Å². The molecule has 1 amide bonds. The Balaban J connectivity index is 1.25. The number of phenols is 1. The molecule has 5 heteroatoms. The summed E-state index contributed by atoms with van der Waals surface area (Å²) in [4.78, 5) is 12.7. The molecule has 0 unspecified atom stereocenters. The number of aryl methyl sites for hydroxylation is 1. The van der Waals surface area contributed by atoms with E-state index in [1.54, 1.807) is 18.2 Å². The van der Waals surface area contributed by atoms with Gasteiger partial charge in [0, 0.05) is 22.8 Å². The molecule has 4 aliphatic rings. The highest BCUT2D eigenvalue weighted by Crippen LogP contribution is 2.60. The van der Waals surface area contributed by atoms with E-state index in [1.807, 2.05) is 19.1 Å². The Morgan fingerprint density at radius 3 is 2.16 bits per heavy atom. The van der Waals surface area contributed by atoms with Crippen LogP contribution in [0.3, 0.4) is 0 Å². The predicted molar refractivity (Wildman–Crippen MR) is 145 cm³/mol. The first-order valence-electron chi connectivity index (χ1n) is 13.4. The average Bonchev–Trinajstić information content (AvgIpc) is 3.15. The third-order valence-electron chi connectivity index (χ3n) is 9.04. The second-order valence-corrected chi connectivity index (χ2v) is 11.6. The summed E-state index contributed by atoms with van der Waals surface area (Å²) in [5, 5.41) is 21.9. The van der Waals surface area contributed by atoms with Crippen LogP contribution in [0.1, 0.15) is 61.0 Å². The van der Waals surface area contributed by atoms with Crippen LogP contribution in [0.5, 0.6) is 5.75 Å². The Kier molecular flexibility index (Phi) is 5.71. The van der Waals surface area contributed by atoms with Crippen molar-refractivity contribution < 1.29 is 9.90 Å². The lowest BCUT2D eigenvalue weighted by atomic mass is 9.48. The van der Waals surface area contributed by atoms with Crippen LogP contribution in [-0.2, 0) is 10.2 Å². The minimum absolute atomic E-state index is 0.0329. The number of anilines is 1. The van der Waals surface area contributed by atoms with E-state index in [0.29, 0.717) is 11.1 Å². The number of carbonyl (C=O) groups excluding carboxylic acids is 1. The third-order valence-corrected chi connectivity index (χ3v) is 9.04. The van der Waals surface area contributed by atoms with Crippen molar-refractivity contribution >= 4 is 17.7 Å². The van der Waals surface area contributed by atoms with Gasteiger partial charge in [-0.15, -0.1) is 0 Å². The molecule has 4 aliphatic carbocycles. The smallest absolute Gasteiger partial charge is 0.266 e.